The molecule has 3 heteroatoms. The first-order chi connectivity index (χ1) is 8.83. The van der Waals surface area contributed by atoms with E-state index in [2.05, 4.69) is 17.3 Å². The lowest BCUT2D eigenvalue weighted by Gasteiger charge is -2.26. The zero-order valence-electron chi connectivity index (χ0n) is 10.3. The van der Waals surface area contributed by atoms with Gasteiger partial charge in [0.25, 0.3) is 0 Å². The van der Waals surface area contributed by atoms with E-state index in [1.807, 2.05) is 12.1 Å². The molecule has 2 nitrogen and oxygen atoms in total. The molecule has 1 fully saturated rings. The topological polar surface area (TPSA) is 32.6 Å². The van der Waals surface area contributed by atoms with Crippen molar-refractivity contribution in [1.82, 2.24) is 0 Å². The highest BCUT2D eigenvalue weighted by molar-refractivity contribution is 5.78. The number of nitrogens with zero attached hydrogens (tertiary/aromatic N) is 1. The molecule has 1 aliphatic rings. The van der Waals surface area contributed by atoms with Crippen LogP contribution >= 0.6 is 0 Å². The van der Waals surface area contributed by atoms with Crippen LogP contribution in [0.15, 0.2) is 41.8 Å². The fraction of sp³-hybridized carbons (Fsp3) is 0.400. The molecule has 1 N–H and O–H groups in total. The summed E-state index contributed by atoms with van der Waals surface area (Å²) < 4.78 is 12.1. The molecule has 1 saturated carbocycles. The van der Waals surface area contributed by atoms with Gasteiger partial charge in [0.15, 0.2) is 0 Å². The predicted octanol–water partition coefficient (Wildman–Crippen LogP) is 4.25. The molecular weight excluding hydrogens is 229 g/mol. The SMILES string of the molecule is ON=Cc1ccc(C2CCC(C=CF)CC2)cc1. The van der Waals surface area contributed by atoms with Crippen molar-refractivity contribution in [3.8, 4) is 0 Å². The van der Waals surface area contributed by atoms with E-state index in [1.54, 1.807) is 6.08 Å². The van der Waals surface area contributed by atoms with Gasteiger partial charge in [0, 0.05) is 0 Å². The highest BCUT2D eigenvalue weighted by Crippen LogP contribution is 2.36. The minimum Gasteiger partial charge on any atom is -0.411 e. The Balaban J connectivity index is 1.97. The number of allylic oxidation sites excluding steroid dienone is 1. The number of halogens is 1. The van der Waals surface area contributed by atoms with Crippen molar-refractivity contribution in [3.63, 3.8) is 0 Å². The molecule has 0 bridgehead atoms. The lowest BCUT2D eigenvalue weighted by atomic mass is 9.79. The lowest BCUT2D eigenvalue weighted by Crippen LogP contribution is -2.11. The van der Waals surface area contributed by atoms with Gasteiger partial charge in [0.2, 0.25) is 0 Å². The molecular formula is C15H18FNO. The van der Waals surface area contributed by atoms with E-state index in [0.717, 1.165) is 31.2 Å². The van der Waals surface area contributed by atoms with Gasteiger partial charge in [-0.1, -0.05) is 35.5 Å². The minimum absolute atomic E-state index is 0.409. The molecule has 1 aromatic rings. The van der Waals surface area contributed by atoms with Gasteiger partial charge in [-0.2, -0.15) is 0 Å². The van der Waals surface area contributed by atoms with Crippen LogP contribution in [0, 0.1) is 5.92 Å². The van der Waals surface area contributed by atoms with E-state index in [4.69, 9.17) is 5.21 Å². The molecule has 1 aliphatic carbocycles. The van der Waals surface area contributed by atoms with Gasteiger partial charge in [-0.15, -0.1) is 0 Å². The molecule has 2 rings (SSSR count). The van der Waals surface area contributed by atoms with Crippen LogP contribution in [0.3, 0.4) is 0 Å². The van der Waals surface area contributed by atoms with Crippen LogP contribution in [0.4, 0.5) is 4.39 Å². The highest BCUT2D eigenvalue weighted by atomic mass is 19.1. The lowest BCUT2D eigenvalue weighted by molar-refractivity contribution is 0.322. The Morgan fingerprint density at radius 3 is 2.33 bits per heavy atom. The molecule has 0 aliphatic heterocycles. The van der Waals surface area contributed by atoms with E-state index in [0.29, 0.717) is 18.2 Å². The van der Waals surface area contributed by atoms with Gasteiger partial charge in [-0.3, -0.25) is 0 Å². The van der Waals surface area contributed by atoms with Crippen LogP contribution in [0.5, 0.6) is 0 Å². The molecule has 0 aromatic heterocycles. The maximum atomic E-state index is 12.1. The van der Waals surface area contributed by atoms with E-state index >= 15 is 0 Å². The Hall–Kier alpha value is -1.64. The molecule has 0 atom stereocenters. The highest BCUT2D eigenvalue weighted by Gasteiger charge is 2.20. The number of rotatable bonds is 3. The van der Waals surface area contributed by atoms with Gasteiger partial charge in [0.1, 0.15) is 0 Å². The standard InChI is InChI=1S/C15H18FNO/c16-10-9-12-1-5-14(6-2-12)15-7-3-13(4-8-15)11-17-18/h3-4,7-12,14,18H,1-2,5-6H2. The van der Waals surface area contributed by atoms with Crippen molar-refractivity contribution in [2.75, 3.05) is 0 Å². The maximum absolute atomic E-state index is 12.1. The molecule has 0 amide bonds. The van der Waals surface area contributed by atoms with Crippen LogP contribution in [-0.4, -0.2) is 11.4 Å². The van der Waals surface area contributed by atoms with Crippen LogP contribution in [0.25, 0.3) is 0 Å². The summed E-state index contributed by atoms with van der Waals surface area (Å²) >= 11 is 0. The molecule has 0 heterocycles. The average molecular weight is 247 g/mol. The normalized spacial score (nSPS) is 24.9. The Morgan fingerprint density at radius 2 is 1.78 bits per heavy atom. The molecule has 0 radical (unpaired) electrons. The molecule has 18 heavy (non-hydrogen) atoms. The zero-order valence-corrected chi connectivity index (χ0v) is 10.3. The van der Waals surface area contributed by atoms with Crippen LogP contribution < -0.4 is 0 Å². The van der Waals surface area contributed by atoms with Crippen LogP contribution in [-0.2, 0) is 0 Å². The van der Waals surface area contributed by atoms with Crippen molar-refractivity contribution < 1.29 is 9.60 Å². The van der Waals surface area contributed by atoms with Crippen LogP contribution in [0.1, 0.15) is 42.7 Å². The summed E-state index contributed by atoms with van der Waals surface area (Å²) in [7, 11) is 0. The fourth-order valence-electron chi connectivity index (χ4n) is 2.67. The third-order valence-electron chi connectivity index (χ3n) is 3.73. The molecule has 0 spiro atoms. The van der Waals surface area contributed by atoms with E-state index in [-0.39, 0.29) is 0 Å². The first-order valence-corrected chi connectivity index (χ1v) is 6.37. The smallest absolute Gasteiger partial charge is 0.0829 e. The summed E-state index contributed by atoms with van der Waals surface area (Å²) in [5, 5.41) is 11.5. The third kappa shape index (κ3) is 3.19. The number of hydrogen-bond donors (Lipinski definition) is 1. The van der Waals surface area contributed by atoms with Crippen molar-refractivity contribution in [1.29, 1.82) is 0 Å². The monoisotopic (exact) mass is 247 g/mol. The van der Waals surface area contributed by atoms with Crippen molar-refractivity contribution in [3.05, 3.63) is 47.8 Å². The summed E-state index contributed by atoms with van der Waals surface area (Å²) in [5.41, 5.74) is 2.23. The summed E-state index contributed by atoms with van der Waals surface area (Å²) in [5.74, 6) is 0.987. The van der Waals surface area contributed by atoms with E-state index in [1.165, 1.54) is 11.8 Å². The second kappa shape index (κ2) is 6.34. The average Bonchev–Trinajstić information content (AvgIpc) is 2.41. The van der Waals surface area contributed by atoms with Crippen molar-refractivity contribution in [2.24, 2.45) is 11.1 Å². The number of hydrogen-bond acceptors (Lipinski definition) is 2. The molecule has 0 unspecified atom stereocenters. The second-order valence-electron chi connectivity index (χ2n) is 4.84. The molecule has 1 aromatic carbocycles. The summed E-state index contributed by atoms with van der Waals surface area (Å²) in [6.45, 7) is 0. The Labute approximate surface area is 107 Å². The zero-order chi connectivity index (χ0) is 12.8. The van der Waals surface area contributed by atoms with Gasteiger partial charge in [-0.05, 0) is 48.6 Å². The molecule has 0 saturated heterocycles. The van der Waals surface area contributed by atoms with Crippen molar-refractivity contribution >= 4 is 6.21 Å². The van der Waals surface area contributed by atoms with Gasteiger partial charge < -0.3 is 5.21 Å². The molecule has 96 valence electrons. The van der Waals surface area contributed by atoms with Gasteiger partial charge >= 0.3 is 0 Å². The Morgan fingerprint density at radius 1 is 1.11 bits per heavy atom. The predicted molar refractivity (Wildman–Crippen MR) is 70.8 cm³/mol. The quantitative estimate of drug-likeness (QED) is 0.483. The Bertz CT molecular complexity index is 417. The largest absolute Gasteiger partial charge is 0.411 e. The van der Waals surface area contributed by atoms with Crippen molar-refractivity contribution in [2.45, 2.75) is 31.6 Å². The van der Waals surface area contributed by atoms with Gasteiger partial charge in [-0.25, -0.2) is 4.39 Å². The summed E-state index contributed by atoms with van der Waals surface area (Å²) in [6, 6.07) is 8.10. The van der Waals surface area contributed by atoms with Gasteiger partial charge in [0.05, 0.1) is 12.5 Å². The second-order valence-corrected chi connectivity index (χ2v) is 4.84. The number of oxime groups is 1. The Kier molecular flexibility index (Phi) is 4.51. The first-order valence-electron chi connectivity index (χ1n) is 6.37. The number of benzene rings is 1. The van der Waals surface area contributed by atoms with E-state index < -0.39 is 0 Å². The maximum Gasteiger partial charge on any atom is 0.0829 e. The first kappa shape index (κ1) is 12.8. The van der Waals surface area contributed by atoms with E-state index in [9.17, 15) is 4.39 Å². The summed E-state index contributed by atoms with van der Waals surface area (Å²) in [4.78, 5) is 0. The third-order valence-corrected chi connectivity index (χ3v) is 3.73. The summed E-state index contributed by atoms with van der Waals surface area (Å²) in [6.07, 6.45) is 8.12. The minimum atomic E-state index is 0.409. The van der Waals surface area contributed by atoms with Crippen LogP contribution in [0.2, 0.25) is 0 Å². The fourth-order valence-corrected chi connectivity index (χ4v) is 2.67.